The molecular weight excluding hydrogens is 192 g/mol. The number of esters is 1. The fourth-order valence-corrected chi connectivity index (χ4v) is 1.51. The summed E-state index contributed by atoms with van der Waals surface area (Å²) in [6, 6.07) is 0. The molecule has 0 aromatic heterocycles. The van der Waals surface area contributed by atoms with Gasteiger partial charge in [-0.05, 0) is 25.5 Å². The highest BCUT2D eigenvalue weighted by Crippen LogP contribution is 2.23. The van der Waals surface area contributed by atoms with Gasteiger partial charge in [0.2, 0.25) is 0 Å². The van der Waals surface area contributed by atoms with Crippen LogP contribution < -0.4 is 0 Å². The first-order valence-electron chi connectivity index (χ1n) is 4.85. The SMILES string of the molecule is COC(=O)C=CC1C=C(OC)C=C(C)C1. The van der Waals surface area contributed by atoms with Gasteiger partial charge in [0.1, 0.15) is 5.76 Å². The molecule has 0 radical (unpaired) electrons. The molecule has 3 heteroatoms. The Hall–Kier alpha value is -1.51. The largest absolute Gasteiger partial charge is 0.497 e. The van der Waals surface area contributed by atoms with E-state index in [1.165, 1.54) is 18.8 Å². The Morgan fingerprint density at radius 2 is 2.27 bits per heavy atom. The molecule has 0 aromatic rings. The molecule has 15 heavy (non-hydrogen) atoms. The standard InChI is InChI=1S/C12H16O3/c1-9-6-10(4-5-12(13)15-3)8-11(7-9)14-2/h4-5,7-8,10H,6H2,1-3H3. The van der Waals surface area contributed by atoms with Gasteiger partial charge in [-0.3, -0.25) is 0 Å². The van der Waals surface area contributed by atoms with Crippen molar-refractivity contribution in [3.63, 3.8) is 0 Å². The lowest BCUT2D eigenvalue weighted by atomic mass is 9.94. The Morgan fingerprint density at radius 3 is 2.87 bits per heavy atom. The molecular formula is C12H16O3. The van der Waals surface area contributed by atoms with Crippen LogP contribution in [0.1, 0.15) is 13.3 Å². The third-order valence-corrected chi connectivity index (χ3v) is 2.24. The van der Waals surface area contributed by atoms with Gasteiger partial charge in [0.15, 0.2) is 0 Å². The van der Waals surface area contributed by atoms with Gasteiger partial charge in [0, 0.05) is 12.0 Å². The van der Waals surface area contributed by atoms with E-state index >= 15 is 0 Å². The van der Waals surface area contributed by atoms with Crippen LogP contribution in [0.25, 0.3) is 0 Å². The maximum atomic E-state index is 10.9. The van der Waals surface area contributed by atoms with Gasteiger partial charge in [-0.15, -0.1) is 0 Å². The topological polar surface area (TPSA) is 35.5 Å². The lowest BCUT2D eigenvalue weighted by molar-refractivity contribution is -0.134. The summed E-state index contributed by atoms with van der Waals surface area (Å²) >= 11 is 0. The van der Waals surface area contributed by atoms with Crippen LogP contribution in [0.4, 0.5) is 0 Å². The monoisotopic (exact) mass is 208 g/mol. The normalized spacial score (nSPS) is 20.9. The highest BCUT2D eigenvalue weighted by Gasteiger charge is 2.11. The van der Waals surface area contributed by atoms with E-state index in [1.54, 1.807) is 7.11 Å². The number of allylic oxidation sites excluding steroid dienone is 4. The van der Waals surface area contributed by atoms with E-state index in [0.29, 0.717) is 0 Å². The van der Waals surface area contributed by atoms with Crippen molar-refractivity contribution in [2.24, 2.45) is 5.92 Å². The average molecular weight is 208 g/mol. The third-order valence-electron chi connectivity index (χ3n) is 2.24. The molecule has 1 unspecified atom stereocenters. The summed E-state index contributed by atoms with van der Waals surface area (Å²) in [7, 11) is 3.01. The number of ether oxygens (including phenoxy) is 2. The van der Waals surface area contributed by atoms with Gasteiger partial charge in [-0.2, -0.15) is 0 Å². The Balaban J connectivity index is 2.66. The lowest BCUT2D eigenvalue weighted by Gasteiger charge is -2.16. The summed E-state index contributed by atoms with van der Waals surface area (Å²) in [4.78, 5) is 10.9. The van der Waals surface area contributed by atoms with E-state index in [2.05, 4.69) is 4.74 Å². The maximum absolute atomic E-state index is 10.9. The smallest absolute Gasteiger partial charge is 0.330 e. The van der Waals surface area contributed by atoms with Gasteiger partial charge in [0.25, 0.3) is 0 Å². The van der Waals surface area contributed by atoms with E-state index in [0.717, 1.165) is 12.2 Å². The minimum atomic E-state index is -0.324. The summed E-state index contributed by atoms with van der Waals surface area (Å²) in [5.41, 5.74) is 1.24. The van der Waals surface area contributed by atoms with Crippen molar-refractivity contribution < 1.29 is 14.3 Å². The van der Waals surface area contributed by atoms with Gasteiger partial charge in [-0.1, -0.05) is 11.6 Å². The van der Waals surface area contributed by atoms with E-state index < -0.39 is 0 Å². The quantitative estimate of drug-likeness (QED) is 0.527. The first-order chi connectivity index (χ1) is 7.15. The van der Waals surface area contributed by atoms with Crippen molar-refractivity contribution >= 4 is 5.97 Å². The second-order valence-electron chi connectivity index (χ2n) is 3.51. The average Bonchev–Trinajstić information content (AvgIpc) is 2.25. The number of carbonyl (C=O) groups excluding carboxylic acids is 1. The van der Waals surface area contributed by atoms with E-state index in [-0.39, 0.29) is 11.9 Å². The molecule has 1 rings (SSSR count). The number of carbonyl (C=O) groups is 1. The van der Waals surface area contributed by atoms with Gasteiger partial charge in [-0.25, -0.2) is 4.79 Å². The molecule has 0 aliphatic heterocycles. The maximum Gasteiger partial charge on any atom is 0.330 e. The molecule has 1 aliphatic carbocycles. The fourth-order valence-electron chi connectivity index (χ4n) is 1.51. The molecule has 0 spiro atoms. The van der Waals surface area contributed by atoms with Crippen molar-refractivity contribution in [2.75, 3.05) is 14.2 Å². The van der Waals surface area contributed by atoms with Crippen LogP contribution in [0.3, 0.4) is 0 Å². The number of hydrogen-bond donors (Lipinski definition) is 0. The summed E-state index contributed by atoms with van der Waals surface area (Å²) in [5, 5.41) is 0. The van der Waals surface area contributed by atoms with Crippen molar-refractivity contribution in [3.8, 4) is 0 Å². The molecule has 0 amide bonds. The Kier molecular flexibility index (Phi) is 4.16. The van der Waals surface area contributed by atoms with Crippen LogP contribution >= 0.6 is 0 Å². The Morgan fingerprint density at radius 1 is 1.53 bits per heavy atom. The molecule has 0 saturated heterocycles. The highest BCUT2D eigenvalue weighted by molar-refractivity contribution is 5.81. The van der Waals surface area contributed by atoms with Crippen LogP contribution in [0.15, 0.2) is 35.6 Å². The van der Waals surface area contributed by atoms with Crippen molar-refractivity contribution in [1.82, 2.24) is 0 Å². The van der Waals surface area contributed by atoms with Crippen molar-refractivity contribution in [1.29, 1.82) is 0 Å². The first-order valence-corrected chi connectivity index (χ1v) is 4.85. The molecule has 0 N–H and O–H groups in total. The van der Waals surface area contributed by atoms with E-state index in [1.807, 2.05) is 25.2 Å². The van der Waals surface area contributed by atoms with E-state index in [4.69, 9.17) is 4.74 Å². The Bertz CT molecular complexity index is 324. The summed E-state index contributed by atoms with van der Waals surface area (Å²) < 4.78 is 9.69. The summed E-state index contributed by atoms with van der Waals surface area (Å²) in [6.07, 6.45) is 8.20. The zero-order valence-corrected chi connectivity index (χ0v) is 9.32. The molecule has 0 fully saturated rings. The van der Waals surface area contributed by atoms with Crippen molar-refractivity contribution in [2.45, 2.75) is 13.3 Å². The fraction of sp³-hybridized carbons (Fsp3) is 0.417. The second-order valence-corrected chi connectivity index (χ2v) is 3.51. The highest BCUT2D eigenvalue weighted by atomic mass is 16.5. The third kappa shape index (κ3) is 3.62. The van der Waals surface area contributed by atoms with Crippen LogP contribution in [-0.4, -0.2) is 20.2 Å². The first kappa shape index (κ1) is 11.6. The second kappa shape index (κ2) is 5.39. The predicted octanol–water partition coefficient (Wildman–Crippen LogP) is 2.21. The molecule has 3 nitrogen and oxygen atoms in total. The predicted molar refractivity (Wildman–Crippen MR) is 58.1 cm³/mol. The molecule has 0 bridgehead atoms. The van der Waals surface area contributed by atoms with Crippen molar-refractivity contribution in [3.05, 3.63) is 35.6 Å². The van der Waals surface area contributed by atoms with Gasteiger partial charge < -0.3 is 9.47 Å². The van der Waals surface area contributed by atoms with Crippen LogP contribution in [0, 0.1) is 5.92 Å². The van der Waals surface area contributed by atoms with E-state index in [9.17, 15) is 4.79 Å². The Labute approximate surface area is 90.1 Å². The van der Waals surface area contributed by atoms with Gasteiger partial charge in [0.05, 0.1) is 14.2 Å². The van der Waals surface area contributed by atoms with Crippen LogP contribution in [0.5, 0.6) is 0 Å². The molecule has 1 atom stereocenters. The number of rotatable bonds is 3. The molecule has 0 aromatic carbocycles. The minimum absolute atomic E-state index is 0.212. The van der Waals surface area contributed by atoms with Gasteiger partial charge >= 0.3 is 5.97 Å². The minimum Gasteiger partial charge on any atom is -0.497 e. The molecule has 1 aliphatic rings. The zero-order valence-electron chi connectivity index (χ0n) is 9.32. The zero-order chi connectivity index (χ0) is 11.3. The number of methoxy groups -OCH3 is 2. The molecule has 0 saturated carbocycles. The van der Waals surface area contributed by atoms with Crippen LogP contribution in [0.2, 0.25) is 0 Å². The lowest BCUT2D eigenvalue weighted by Crippen LogP contribution is -2.03. The molecule has 0 heterocycles. The summed E-state index contributed by atoms with van der Waals surface area (Å²) in [6.45, 7) is 2.05. The summed E-state index contributed by atoms with van der Waals surface area (Å²) in [5.74, 6) is 0.733. The van der Waals surface area contributed by atoms with Crippen LogP contribution in [-0.2, 0) is 14.3 Å². The number of hydrogen-bond acceptors (Lipinski definition) is 3. The molecule has 82 valence electrons.